The van der Waals surface area contributed by atoms with Crippen LogP contribution in [0.2, 0.25) is 0 Å². The fourth-order valence-corrected chi connectivity index (χ4v) is 3.11. The molecule has 0 spiro atoms. The summed E-state index contributed by atoms with van der Waals surface area (Å²) in [6, 6.07) is 1.65. The molecule has 6 N–H and O–H groups in total. The van der Waals surface area contributed by atoms with Gasteiger partial charge in [-0.15, -0.1) is 0 Å². The Morgan fingerprint density at radius 3 is 1.97 bits per heavy atom. The average molecular weight is 493 g/mol. The van der Waals surface area contributed by atoms with E-state index in [1.807, 2.05) is 0 Å². The highest BCUT2D eigenvalue weighted by molar-refractivity contribution is 5.94. The molecule has 4 amide bonds. The van der Waals surface area contributed by atoms with Crippen LogP contribution in [0.4, 0.5) is 0 Å². The van der Waals surface area contributed by atoms with E-state index >= 15 is 0 Å². The summed E-state index contributed by atoms with van der Waals surface area (Å²) in [7, 11) is 0. The number of phenols is 1. The lowest BCUT2D eigenvalue weighted by Crippen LogP contribution is -2.58. The van der Waals surface area contributed by atoms with Gasteiger partial charge in [0.25, 0.3) is 0 Å². The van der Waals surface area contributed by atoms with Crippen molar-refractivity contribution in [3.63, 3.8) is 0 Å². The number of rotatable bonds is 13. The number of nitrogens with one attached hydrogen (secondary N) is 4. The van der Waals surface area contributed by atoms with Gasteiger partial charge in [0.1, 0.15) is 30.2 Å². The maximum Gasteiger partial charge on any atom is 0.305 e. The number of aromatic hydroxyl groups is 1. The lowest BCUT2D eigenvalue weighted by Gasteiger charge is -2.26. The number of amides is 4. The quantitative estimate of drug-likeness (QED) is 0.194. The molecular weight excluding hydrogens is 460 g/mol. The number of carbonyl (C=O) groups excluding carboxylic acids is 5. The fraction of sp³-hybridized carbons (Fsp3) is 0.478. The number of phenolic OH excluding ortho intramolecular Hbond substituents is 1. The number of carboxylic acid groups (broad SMARTS) is 1. The van der Waals surface area contributed by atoms with Crippen LogP contribution in [0.15, 0.2) is 24.3 Å². The normalized spacial score (nSPS) is 14.1. The van der Waals surface area contributed by atoms with Gasteiger partial charge in [-0.05, 0) is 30.5 Å². The van der Waals surface area contributed by atoms with Crippen molar-refractivity contribution in [2.45, 2.75) is 64.7 Å². The smallest absolute Gasteiger partial charge is 0.305 e. The Labute approximate surface area is 202 Å². The first-order chi connectivity index (χ1) is 16.3. The summed E-state index contributed by atoms with van der Waals surface area (Å²) >= 11 is 0. The largest absolute Gasteiger partial charge is 0.508 e. The highest BCUT2D eigenvalue weighted by Crippen LogP contribution is 2.12. The van der Waals surface area contributed by atoms with E-state index in [0.29, 0.717) is 5.56 Å². The molecular formula is C23H32N4O8. The number of carboxylic acids is 1. The van der Waals surface area contributed by atoms with Crippen molar-refractivity contribution < 1.29 is 39.0 Å². The molecule has 0 aliphatic carbocycles. The van der Waals surface area contributed by atoms with Crippen LogP contribution in [-0.2, 0) is 35.2 Å². The minimum Gasteiger partial charge on any atom is -0.508 e. The SMILES string of the molecule is CC(=O)N[C@@H](Cc1ccc(O)cc1)C(=O)N[C@H](C(=O)N[C@@H](C)C(=O)N[C@@H](C=O)CC(=O)O)C(C)C. The Hall–Kier alpha value is -3.96. The van der Waals surface area contributed by atoms with Crippen LogP contribution < -0.4 is 21.3 Å². The van der Waals surface area contributed by atoms with Crippen molar-refractivity contribution in [3.05, 3.63) is 29.8 Å². The lowest BCUT2D eigenvalue weighted by molar-refractivity contribution is -0.139. The molecule has 0 aromatic heterocycles. The molecule has 1 aromatic rings. The number of aliphatic carboxylic acids is 1. The molecule has 0 radical (unpaired) electrons. The third kappa shape index (κ3) is 10.2. The second-order valence-electron chi connectivity index (χ2n) is 8.43. The molecule has 0 bridgehead atoms. The van der Waals surface area contributed by atoms with E-state index in [9.17, 15) is 33.9 Å². The van der Waals surface area contributed by atoms with Gasteiger partial charge in [-0.25, -0.2) is 0 Å². The highest BCUT2D eigenvalue weighted by atomic mass is 16.4. The molecule has 35 heavy (non-hydrogen) atoms. The first kappa shape index (κ1) is 29.1. The van der Waals surface area contributed by atoms with Gasteiger partial charge in [-0.1, -0.05) is 26.0 Å². The highest BCUT2D eigenvalue weighted by Gasteiger charge is 2.30. The zero-order valence-electron chi connectivity index (χ0n) is 20.0. The third-order valence-corrected chi connectivity index (χ3v) is 4.96. The van der Waals surface area contributed by atoms with Crippen LogP contribution in [0, 0.1) is 5.92 Å². The maximum absolute atomic E-state index is 12.9. The summed E-state index contributed by atoms with van der Waals surface area (Å²) in [6.07, 6.45) is -0.215. The Morgan fingerprint density at radius 2 is 1.49 bits per heavy atom. The van der Waals surface area contributed by atoms with Crippen LogP contribution in [0.3, 0.4) is 0 Å². The van der Waals surface area contributed by atoms with Gasteiger partial charge in [0.15, 0.2) is 0 Å². The van der Waals surface area contributed by atoms with Gasteiger partial charge in [0.05, 0.1) is 12.5 Å². The number of benzene rings is 1. The Balaban J connectivity index is 2.88. The summed E-state index contributed by atoms with van der Waals surface area (Å²) in [5, 5.41) is 28.0. The van der Waals surface area contributed by atoms with Gasteiger partial charge in [-0.2, -0.15) is 0 Å². The van der Waals surface area contributed by atoms with Crippen molar-refractivity contribution in [1.82, 2.24) is 21.3 Å². The van der Waals surface area contributed by atoms with E-state index in [0.717, 1.165) is 0 Å². The van der Waals surface area contributed by atoms with Gasteiger partial charge in [0.2, 0.25) is 23.6 Å². The molecule has 0 saturated carbocycles. The zero-order chi connectivity index (χ0) is 26.7. The summed E-state index contributed by atoms with van der Waals surface area (Å²) < 4.78 is 0. The Kier molecular flexibility index (Phi) is 11.4. The Bertz CT molecular complexity index is 932. The van der Waals surface area contributed by atoms with Crippen molar-refractivity contribution in [3.8, 4) is 5.75 Å². The number of hydrogen-bond acceptors (Lipinski definition) is 7. The first-order valence-electron chi connectivity index (χ1n) is 11.0. The fourth-order valence-electron chi connectivity index (χ4n) is 3.11. The van der Waals surface area contributed by atoms with Crippen LogP contribution in [-0.4, -0.2) is 70.3 Å². The van der Waals surface area contributed by atoms with Gasteiger partial charge < -0.3 is 36.3 Å². The first-order valence-corrected chi connectivity index (χ1v) is 11.0. The number of hydrogen-bond donors (Lipinski definition) is 6. The molecule has 0 unspecified atom stereocenters. The van der Waals surface area contributed by atoms with E-state index in [2.05, 4.69) is 21.3 Å². The van der Waals surface area contributed by atoms with E-state index < -0.39 is 66.1 Å². The summed E-state index contributed by atoms with van der Waals surface area (Å²) in [5.41, 5.74) is 0.665. The second-order valence-corrected chi connectivity index (χ2v) is 8.43. The molecule has 0 fully saturated rings. The van der Waals surface area contributed by atoms with Crippen LogP contribution >= 0.6 is 0 Å². The van der Waals surface area contributed by atoms with E-state index in [4.69, 9.17) is 5.11 Å². The molecule has 0 aliphatic heterocycles. The van der Waals surface area contributed by atoms with Crippen molar-refractivity contribution in [1.29, 1.82) is 0 Å². The van der Waals surface area contributed by atoms with E-state index in [-0.39, 0.29) is 18.5 Å². The summed E-state index contributed by atoms with van der Waals surface area (Å²) in [4.78, 5) is 71.4. The van der Waals surface area contributed by atoms with Crippen molar-refractivity contribution in [2.75, 3.05) is 0 Å². The minimum absolute atomic E-state index is 0.0476. The number of carbonyl (C=O) groups is 6. The monoisotopic (exact) mass is 492 g/mol. The van der Waals surface area contributed by atoms with E-state index in [1.54, 1.807) is 26.0 Å². The Morgan fingerprint density at radius 1 is 0.886 bits per heavy atom. The molecule has 4 atom stereocenters. The van der Waals surface area contributed by atoms with Gasteiger partial charge >= 0.3 is 5.97 Å². The average Bonchev–Trinajstić information content (AvgIpc) is 2.76. The van der Waals surface area contributed by atoms with Crippen LogP contribution in [0.1, 0.15) is 39.7 Å². The summed E-state index contributed by atoms with van der Waals surface area (Å²) in [5.74, 6) is -4.14. The topological polar surface area (TPSA) is 191 Å². The molecule has 1 aromatic carbocycles. The lowest BCUT2D eigenvalue weighted by atomic mass is 10.0. The van der Waals surface area contributed by atoms with Crippen molar-refractivity contribution >= 4 is 35.9 Å². The van der Waals surface area contributed by atoms with Crippen LogP contribution in [0.25, 0.3) is 0 Å². The van der Waals surface area contributed by atoms with E-state index in [1.165, 1.54) is 26.0 Å². The molecule has 12 nitrogen and oxygen atoms in total. The second kappa shape index (κ2) is 13.7. The predicted octanol–water partition coefficient (Wildman–Crippen LogP) is -0.757. The molecule has 0 saturated heterocycles. The molecule has 1 rings (SSSR count). The predicted molar refractivity (Wildman–Crippen MR) is 124 cm³/mol. The zero-order valence-corrected chi connectivity index (χ0v) is 20.0. The maximum atomic E-state index is 12.9. The van der Waals surface area contributed by atoms with Gasteiger partial charge in [0, 0.05) is 13.3 Å². The minimum atomic E-state index is -1.28. The number of aldehydes is 1. The summed E-state index contributed by atoms with van der Waals surface area (Å²) in [6.45, 7) is 5.96. The molecule has 0 heterocycles. The molecule has 192 valence electrons. The third-order valence-electron chi connectivity index (χ3n) is 4.96. The standard InChI is InChI=1S/C23H32N4O8/c1-12(2)20(23(35)24-13(3)21(33)26-16(11-28)10-19(31)32)27-22(34)18(25-14(4)29)9-15-5-7-17(30)8-6-15/h5-8,11-13,16,18,20,30H,9-10H2,1-4H3,(H,24,35)(H,25,29)(H,26,33)(H,27,34)(H,31,32)/t13-,16+,18-,20-/m0/s1. The molecule has 0 aliphatic rings. The van der Waals surface area contributed by atoms with Gasteiger partial charge in [-0.3, -0.25) is 24.0 Å². The van der Waals surface area contributed by atoms with Crippen LogP contribution in [0.5, 0.6) is 5.75 Å². The van der Waals surface area contributed by atoms with Crippen molar-refractivity contribution in [2.24, 2.45) is 5.92 Å². The molecule has 12 heteroatoms.